The van der Waals surface area contributed by atoms with Crippen LogP contribution in [0.3, 0.4) is 0 Å². The van der Waals surface area contributed by atoms with Gasteiger partial charge < -0.3 is 10.3 Å². The van der Waals surface area contributed by atoms with Crippen LogP contribution in [0.4, 0.5) is 10.1 Å². The zero-order valence-electron chi connectivity index (χ0n) is 7.37. The van der Waals surface area contributed by atoms with Gasteiger partial charge in [0.25, 0.3) is 0 Å². The predicted octanol–water partition coefficient (Wildman–Crippen LogP) is 1.56. The second-order valence-electron chi connectivity index (χ2n) is 2.74. The van der Waals surface area contributed by atoms with Crippen molar-refractivity contribution in [2.45, 2.75) is 6.54 Å². The molecule has 0 saturated carbocycles. The fourth-order valence-electron chi connectivity index (χ4n) is 1.09. The number of aromatic nitrogens is 3. The molecule has 0 aliphatic carbocycles. The highest BCUT2D eigenvalue weighted by Crippen LogP contribution is 2.11. The molecule has 2 rings (SSSR count). The number of rotatable bonds is 3. The zero-order chi connectivity index (χ0) is 9.80. The maximum Gasteiger partial charge on any atom is 0.164 e. The van der Waals surface area contributed by atoms with Gasteiger partial charge in [0.15, 0.2) is 5.82 Å². The fraction of sp³-hybridized carbons (Fsp3) is 0.111. The normalized spacial score (nSPS) is 10.1. The number of halogens is 1. The Morgan fingerprint density at radius 3 is 3.07 bits per heavy atom. The average molecular weight is 192 g/mol. The van der Waals surface area contributed by atoms with Crippen LogP contribution in [0.25, 0.3) is 0 Å². The molecule has 2 N–H and O–H groups in total. The maximum absolute atomic E-state index is 13.1. The molecule has 0 unspecified atom stereocenters. The summed E-state index contributed by atoms with van der Waals surface area (Å²) in [7, 11) is 0. The number of pyridine rings is 1. The van der Waals surface area contributed by atoms with Gasteiger partial charge in [-0.2, -0.15) is 0 Å². The van der Waals surface area contributed by atoms with Crippen molar-refractivity contribution in [1.29, 1.82) is 0 Å². The Morgan fingerprint density at radius 1 is 1.43 bits per heavy atom. The SMILES string of the molecule is Fc1cnccc1NCc1ncc[nH]1. The summed E-state index contributed by atoms with van der Waals surface area (Å²) in [5.74, 6) is 0.403. The van der Waals surface area contributed by atoms with Crippen LogP contribution in [0, 0.1) is 5.82 Å². The third-order valence-corrected chi connectivity index (χ3v) is 1.77. The zero-order valence-corrected chi connectivity index (χ0v) is 7.37. The van der Waals surface area contributed by atoms with Gasteiger partial charge in [-0.15, -0.1) is 0 Å². The van der Waals surface area contributed by atoms with Crippen molar-refractivity contribution in [3.63, 3.8) is 0 Å². The van der Waals surface area contributed by atoms with Gasteiger partial charge in [-0.05, 0) is 6.07 Å². The van der Waals surface area contributed by atoms with Crippen LogP contribution in [0.5, 0.6) is 0 Å². The quantitative estimate of drug-likeness (QED) is 0.775. The maximum atomic E-state index is 13.1. The summed E-state index contributed by atoms with van der Waals surface area (Å²) in [4.78, 5) is 10.6. The average Bonchev–Trinajstić information content (AvgIpc) is 2.69. The number of nitrogens with one attached hydrogen (secondary N) is 2. The Bertz CT molecular complexity index is 399. The Labute approximate surface area is 80.2 Å². The van der Waals surface area contributed by atoms with Gasteiger partial charge in [-0.25, -0.2) is 9.37 Å². The fourth-order valence-corrected chi connectivity index (χ4v) is 1.09. The molecule has 0 aliphatic heterocycles. The molecular weight excluding hydrogens is 183 g/mol. The number of nitrogens with zero attached hydrogens (tertiary/aromatic N) is 2. The number of anilines is 1. The van der Waals surface area contributed by atoms with Crippen molar-refractivity contribution in [3.8, 4) is 0 Å². The monoisotopic (exact) mass is 192 g/mol. The lowest BCUT2D eigenvalue weighted by molar-refractivity contribution is 0.623. The van der Waals surface area contributed by atoms with E-state index in [2.05, 4.69) is 20.3 Å². The van der Waals surface area contributed by atoms with E-state index in [1.807, 2.05) is 0 Å². The third kappa shape index (κ3) is 1.87. The minimum absolute atomic E-state index is 0.362. The second-order valence-corrected chi connectivity index (χ2v) is 2.74. The highest BCUT2D eigenvalue weighted by Gasteiger charge is 2.00. The van der Waals surface area contributed by atoms with Gasteiger partial charge in [0.2, 0.25) is 0 Å². The summed E-state index contributed by atoms with van der Waals surface area (Å²) in [5.41, 5.74) is 0.427. The summed E-state index contributed by atoms with van der Waals surface area (Å²) in [5, 5.41) is 2.91. The highest BCUT2D eigenvalue weighted by molar-refractivity contribution is 5.42. The molecule has 0 amide bonds. The molecule has 2 heterocycles. The smallest absolute Gasteiger partial charge is 0.164 e. The summed E-state index contributed by atoms with van der Waals surface area (Å²) >= 11 is 0. The van der Waals surface area contributed by atoms with Crippen LogP contribution in [0.1, 0.15) is 5.82 Å². The van der Waals surface area contributed by atoms with Crippen LogP contribution < -0.4 is 5.32 Å². The topological polar surface area (TPSA) is 53.6 Å². The van der Waals surface area contributed by atoms with E-state index in [0.29, 0.717) is 12.2 Å². The largest absolute Gasteiger partial charge is 0.375 e. The molecule has 0 spiro atoms. The van der Waals surface area contributed by atoms with E-state index in [-0.39, 0.29) is 5.82 Å². The number of hydrogen-bond donors (Lipinski definition) is 2. The van der Waals surface area contributed by atoms with Crippen molar-refractivity contribution in [2.75, 3.05) is 5.32 Å². The van der Waals surface area contributed by atoms with E-state index in [4.69, 9.17) is 0 Å². The van der Waals surface area contributed by atoms with Crippen LogP contribution in [0.2, 0.25) is 0 Å². The molecule has 72 valence electrons. The summed E-state index contributed by atoms with van der Waals surface area (Å²) in [6.45, 7) is 0.466. The highest BCUT2D eigenvalue weighted by atomic mass is 19.1. The van der Waals surface area contributed by atoms with Crippen LogP contribution >= 0.6 is 0 Å². The van der Waals surface area contributed by atoms with E-state index in [9.17, 15) is 4.39 Å². The van der Waals surface area contributed by atoms with Crippen molar-refractivity contribution in [2.24, 2.45) is 0 Å². The van der Waals surface area contributed by atoms with Gasteiger partial charge in [0.1, 0.15) is 5.82 Å². The molecule has 0 atom stereocenters. The van der Waals surface area contributed by atoms with E-state index in [1.165, 1.54) is 12.4 Å². The minimum Gasteiger partial charge on any atom is -0.375 e. The third-order valence-electron chi connectivity index (χ3n) is 1.77. The molecule has 0 fully saturated rings. The van der Waals surface area contributed by atoms with Crippen LogP contribution in [-0.4, -0.2) is 15.0 Å². The van der Waals surface area contributed by atoms with Crippen molar-refractivity contribution >= 4 is 5.69 Å². The molecule has 0 aliphatic rings. The first-order chi connectivity index (χ1) is 6.86. The molecule has 2 aromatic rings. The number of imidazole rings is 1. The van der Waals surface area contributed by atoms with Crippen LogP contribution in [0.15, 0.2) is 30.9 Å². The molecule has 14 heavy (non-hydrogen) atoms. The Kier molecular flexibility index (Phi) is 2.40. The van der Waals surface area contributed by atoms with Gasteiger partial charge in [0, 0.05) is 18.6 Å². The molecule has 5 heteroatoms. The Balaban J connectivity index is 2.02. The molecule has 0 saturated heterocycles. The minimum atomic E-state index is -0.362. The first kappa shape index (κ1) is 8.68. The number of H-pyrrole nitrogens is 1. The molecular formula is C9H9FN4. The molecule has 0 aromatic carbocycles. The van der Waals surface area contributed by atoms with Crippen molar-refractivity contribution < 1.29 is 4.39 Å². The molecule has 0 bridgehead atoms. The van der Waals surface area contributed by atoms with Crippen molar-refractivity contribution in [1.82, 2.24) is 15.0 Å². The first-order valence-corrected chi connectivity index (χ1v) is 4.18. The number of aromatic amines is 1. The van der Waals surface area contributed by atoms with E-state index in [1.54, 1.807) is 18.5 Å². The lowest BCUT2D eigenvalue weighted by atomic mass is 10.4. The summed E-state index contributed by atoms with van der Waals surface area (Å²) in [6, 6.07) is 1.58. The van der Waals surface area contributed by atoms with Crippen molar-refractivity contribution in [3.05, 3.63) is 42.5 Å². The van der Waals surface area contributed by atoms with E-state index in [0.717, 1.165) is 5.82 Å². The number of hydrogen-bond acceptors (Lipinski definition) is 3. The second kappa shape index (κ2) is 3.87. The molecule has 0 radical (unpaired) electrons. The lowest BCUT2D eigenvalue weighted by Gasteiger charge is -2.04. The van der Waals surface area contributed by atoms with Gasteiger partial charge in [0.05, 0.1) is 18.4 Å². The van der Waals surface area contributed by atoms with Gasteiger partial charge in [-0.1, -0.05) is 0 Å². The van der Waals surface area contributed by atoms with E-state index >= 15 is 0 Å². The Morgan fingerprint density at radius 2 is 2.36 bits per heavy atom. The Hall–Kier alpha value is -1.91. The van der Waals surface area contributed by atoms with E-state index < -0.39 is 0 Å². The predicted molar refractivity (Wildman–Crippen MR) is 50.1 cm³/mol. The lowest BCUT2D eigenvalue weighted by Crippen LogP contribution is -2.02. The van der Waals surface area contributed by atoms with Crippen LogP contribution in [-0.2, 0) is 6.54 Å². The van der Waals surface area contributed by atoms with Gasteiger partial charge >= 0.3 is 0 Å². The molecule has 2 aromatic heterocycles. The summed E-state index contributed by atoms with van der Waals surface area (Å²) < 4.78 is 13.1. The standard InChI is InChI=1S/C9H9FN4/c10-7-5-11-2-1-8(7)14-6-9-12-3-4-13-9/h1-5H,6H2,(H,11,14)(H,12,13). The first-order valence-electron chi connectivity index (χ1n) is 4.18. The summed E-state index contributed by atoms with van der Waals surface area (Å²) in [6.07, 6.45) is 6.08. The van der Waals surface area contributed by atoms with Gasteiger partial charge in [-0.3, -0.25) is 4.98 Å². The molecule has 4 nitrogen and oxygen atoms in total.